The number of nitrogens with one attached hydrogen (secondary N) is 4. The number of ether oxygens (including phenoxy) is 1. The summed E-state index contributed by atoms with van der Waals surface area (Å²) < 4.78 is 48.4. The third kappa shape index (κ3) is 6.64. The van der Waals surface area contributed by atoms with E-state index in [-0.39, 0.29) is 40.2 Å². The average molecular weight is 589 g/mol. The molecule has 0 saturated carbocycles. The van der Waals surface area contributed by atoms with E-state index in [1.807, 2.05) is 0 Å². The number of amides is 1. The van der Waals surface area contributed by atoms with Crippen molar-refractivity contribution in [3.05, 3.63) is 96.8 Å². The third-order valence-electron chi connectivity index (χ3n) is 5.93. The number of nitrogens with zero attached hydrogens (tertiary/aromatic N) is 2. The summed E-state index contributed by atoms with van der Waals surface area (Å²) in [5.41, 5.74) is 1.71. The van der Waals surface area contributed by atoms with Crippen LogP contribution in [-0.4, -0.2) is 43.1 Å². The molecule has 13 heteroatoms. The Bertz CT molecular complexity index is 1890. The number of benzene rings is 4. The Labute approximate surface area is 240 Å². The van der Waals surface area contributed by atoms with Crippen LogP contribution in [0.2, 0.25) is 0 Å². The highest BCUT2D eigenvalue weighted by Gasteiger charge is 2.20. The van der Waals surface area contributed by atoms with E-state index < -0.39 is 21.7 Å². The molecule has 0 bridgehead atoms. The van der Waals surface area contributed by atoms with E-state index in [2.05, 4.69) is 30.6 Å². The van der Waals surface area contributed by atoms with Crippen LogP contribution in [0.3, 0.4) is 0 Å². The molecule has 5 rings (SSSR count). The molecule has 0 radical (unpaired) electrons. The van der Waals surface area contributed by atoms with Crippen LogP contribution < -0.4 is 25.4 Å². The van der Waals surface area contributed by atoms with Gasteiger partial charge in [-0.1, -0.05) is 30.3 Å². The monoisotopic (exact) mass is 588 g/mol. The second-order valence-electron chi connectivity index (χ2n) is 8.97. The number of anilines is 5. The van der Waals surface area contributed by atoms with Gasteiger partial charge in [-0.15, -0.1) is 0 Å². The number of rotatable bonds is 10. The molecular weight excluding hydrogens is 563 g/mol. The van der Waals surface area contributed by atoms with Gasteiger partial charge in [0, 0.05) is 29.6 Å². The highest BCUT2D eigenvalue weighted by Crippen LogP contribution is 2.31. The number of aromatic hydroxyl groups is 1. The molecule has 4 aromatic carbocycles. The lowest BCUT2D eigenvalue weighted by atomic mass is 10.2. The number of phenolic OH excluding ortho intramolecular Hbond substituents is 1. The minimum atomic E-state index is -4.22. The summed E-state index contributed by atoms with van der Waals surface area (Å²) in [6.07, 6.45) is 0. The highest BCUT2D eigenvalue weighted by molar-refractivity contribution is 7.92. The Morgan fingerprint density at radius 2 is 1.60 bits per heavy atom. The van der Waals surface area contributed by atoms with Crippen LogP contribution >= 0.6 is 0 Å². The summed E-state index contributed by atoms with van der Waals surface area (Å²) >= 11 is 0. The number of hydrogen-bond donors (Lipinski definition) is 5. The van der Waals surface area contributed by atoms with Crippen molar-refractivity contribution in [2.45, 2.75) is 4.90 Å². The summed E-state index contributed by atoms with van der Waals surface area (Å²) in [5, 5.41) is 18.3. The Morgan fingerprint density at radius 3 is 2.33 bits per heavy atom. The molecule has 1 aromatic heterocycles. The SMILES string of the molecule is COc1cc(O)cc(Nc2nc3ccccc3nc2NS(=O)(=O)c2cccc(NC(=O)CNc3ccccc3F)c2)c1. The van der Waals surface area contributed by atoms with Gasteiger partial charge in [-0.25, -0.2) is 22.8 Å². The number of halogens is 1. The van der Waals surface area contributed by atoms with E-state index in [0.29, 0.717) is 22.5 Å². The van der Waals surface area contributed by atoms with E-state index >= 15 is 0 Å². The molecule has 0 aliphatic carbocycles. The summed E-state index contributed by atoms with van der Waals surface area (Å²) in [7, 11) is -2.77. The van der Waals surface area contributed by atoms with Gasteiger partial charge in [0.05, 0.1) is 35.3 Å². The number of methoxy groups -OCH3 is 1. The van der Waals surface area contributed by atoms with Gasteiger partial charge in [-0.05, 0) is 42.5 Å². The molecule has 0 spiro atoms. The first-order valence-electron chi connectivity index (χ1n) is 12.5. The van der Waals surface area contributed by atoms with Crippen LogP contribution in [0.5, 0.6) is 11.5 Å². The van der Waals surface area contributed by atoms with Crippen molar-refractivity contribution in [3.63, 3.8) is 0 Å². The smallest absolute Gasteiger partial charge is 0.263 e. The zero-order valence-electron chi connectivity index (χ0n) is 22.1. The predicted octanol–water partition coefficient (Wildman–Crippen LogP) is 5.08. The Balaban J connectivity index is 1.38. The molecule has 214 valence electrons. The second-order valence-corrected chi connectivity index (χ2v) is 10.7. The normalized spacial score (nSPS) is 11.1. The molecule has 1 heterocycles. The van der Waals surface area contributed by atoms with Gasteiger partial charge >= 0.3 is 0 Å². The van der Waals surface area contributed by atoms with Crippen molar-refractivity contribution < 1.29 is 27.4 Å². The van der Waals surface area contributed by atoms with Crippen molar-refractivity contribution in [1.29, 1.82) is 0 Å². The summed E-state index contributed by atoms with van der Waals surface area (Å²) in [4.78, 5) is 21.3. The minimum absolute atomic E-state index is 0.0734. The first-order valence-corrected chi connectivity index (χ1v) is 14.0. The number of hydrogen-bond acceptors (Lipinski definition) is 9. The average Bonchev–Trinajstić information content (AvgIpc) is 2.96. The fourth-order valence-corrected chi connectivity index (χ4v) is 5.04. The molecule has 0 unspecified atom stereocenters. The lowest BCUT2D eigenvalue weighted by Crippen LogP contribution is -2.22. The van der Waals surface area contributed by atoms with Crippen molar-refractivity contribution in [3.8, 4) is 11.5 Å². The molecule has 0 saturated heterocycles. The summed E-state index contributed by atoms with van der Waals surface area (Å²) in [6.45, 7) is -0.238. The van der Waals surface area contributed by atoms with Crippen LogP contribution in [-0.2, 0) is 14.8 Å². The van der Waals surface area contributed by atoms with Gasteiger partial charge in [0.15, 0.2) is 11.6 Å². The quantitative estimate of drug-likeness (QED) is 0.150. The van der Waals surface area contributed by atoms with Gasteiger partial charge in [-0.2, -0.15) is 0 Å². The number of fused-ring (bicyclic) bond motifs is 1. The first kappa shape index (κ1) is 28.1. The number of sulfonamides is 1. The molecular formula is C29H25FN6O5S. The van der Waals surface area contributed by atoms with Crippen molar-refractivity contribution >= 4 is 55.7 Å². The number of carbonyl (C=O) groups is 1. The molecule has 0 fully saturated rings. The van der Waals surface area contributed by atoms with Crippen LogP contribution in [0.4, 0.5) is 33.1 Å². The van der Waals surface area contributed by atoms with Gasteiger partial charge < -0.3 is 25.8 Å². The van der Waals surface area contributed by atoms with Gasteiger partial charge in [-0.3, -0.25) is 9.52 Å². The molecule has 11 nitrogen and oxygen atoms in total. The second kappa shape index (κ2) is 12.0. The zero-order valence-corrected chi connectivity index (χ0v) is 22.9. The highest BCUT2D eigenvalue weighted by atomic mass is 32.2. The van der Waals surface area contributed by atoms with Crippen LogP contribution in [0.25, 0.3) is 11.0 Å². The molecule has 5 N–H and O–H groups in total. The maximum absolute atomic E-state index is 13.8. The van der Waals surface area contributed by atoms with E-state index in [4.69, 9.17) is 4.74 Å². The molecule has 0 aliphatic heterocycles. The lowest BCUT2D eigenvalue weighted by Gasteiger charge is -2.15. The molecule has 1 amide bonds. The summed E-state index contributed by atoms with van der Waals surface area (Å²) in [6, 6.07) is 22.9. The predicted molar refractivity (Wildman–Crippen MR) is 158 cm³/mol. The largest absolute Gasteiger partial charge is 0.508 e. The fraction of sp³-hybridized carbons (Fsp3) is 0.0690. The van der Waals surface area contributed by atoms with Crippen LogP contribution in [0.1, 0.15) is 0 Å². The number of phenols is 1. The Morgan fingerprint density at radius 1 is 0.881 bits per heavy atom. The van der Waals surface area contributed by atoms with Crippen LogP contribution in [0.15, 0.2) is 95.9 Å². The van der Waals surface area contributed by atoms with E-state index in [0.717, 1.165) is 0 Å². The fourth-order valence-electron chi connectivity index (χ4n) is 3.98. The minimum Gasteiger partial charge on any atom is -0.508 e. The molecule has 0 atom stereocenters. The van der Waals surface area contributed by atoms with Gasteiger partial charge in [0.1, 0.15) is 17.3 Å². The summed E-state index contributed by atoms with van der Waals surface area (Å²) in [5.74, 6) is -0.729. The van der Waals surface area contributed by atoms with Crippen molar-refractivity contribution in [2.75, 3.05) is 34.3 Å². The Kier molecular flexibility index (Phi) is 8.02. The Hall–Kier alpha value is -5.43. The lowest BCUT2D eigenvalue weighted by molar-refractivity contribution is -0.114. The van der Waals surface area contributed by atoms with E-state index in [9.17, 15) is 22.7 Å². The third-order valence-corrected chi connectivity index (χ3v) is 7.27. The maximum atomic E-state index is 13.8. The number of aromatic nitrogens is 2. The molecule has 42 heavy (non-hydrogen) atoms. The topological polar surface area (TPSA) is 155 Å². The molecule has 5 aromatic rings. The first-order chi connectivity index (χ1) is 20.2. The number of carbonyl (C=O) groups excluding carboxylic acids is 1. The molecule has 0 aliphatic rings. The number of para-hydroxylation sites is 3. The van der Waals surface area contributed by atoms with Crippen molar-refractivity contribution in [1.82, 2.24) is 9.97 Å². The van der Waals surface area contributed by atoms with E-state index in [1.165, 1.54) is 61.7 Å². The standard InChI is InChI=1S/C29H25FN6O5S/c1-41-21-14-19(13-20(37)16-21)33-28-29(35-26-12-5-4-11-25(26)34-28)36-42(39,40)22-8-6-7-18(15-22)32-27(38)17-31-24-10-3-2-9-23(24)30/h2-16,31,37H,17H2,1H3,(H,32,38)(H,33,34)(H,35,36). The maximum Gasteiger partial charge on any atom is 0.263 e. The zero-order chi connectivity index (χ0) is 29.7. The van der Waals surface area contributed by atoms with Gasteiger partial charge in [0.25, 0.3) is 10.0 Å². The van der Waals surface area contributed by atoms with Gasteiger partial charge in [0.2, 0.25) is 5.91 Å². The van der Waals surface area contributed by atoms with E-state index in [1.54, 1.807) is 36.4 Å². The van der Waals surface area contributed by atoms with Crippen LogP contribution in [0, 0.1) is 5.82 Å². The van der Waals surface area contributed by atoms with Crippen molar-refractivity contribution in [2.24, 2.45) is 0 Å².